The van der Waals surface area contributed by atoms with E-state index in [-0.39, 0.29) is 6.10 Å². The average Bonchev–Trinajstić information content (AvgIpc) is 2.82. The summed E-state index contributed by atoms with van der Waals surface area (Å²) in [4.78, 5) is 4.56. The summed E-state index contributed by atoms with van der Waals surface area (Å²) in [6, 6.07) is 0.359. The van der Waals surface area contributed by atoms with E-state index in [1.54, 1.807) is 6.33 Å². The van der Waals surface area contributed by atoms with Crippen LogP contribution in [0, 0.1) is 0 Å². The van der Waals surface area contributed by atoms with Gasteiger partial charge in [-0.25, -0.2) is 0 Å². The molecule has 1 saturated heterocycles. The van der Waals surface area contributed by atoms with Crippen molar-refractivity contribution in [2.45, 2.75) is 39.5 Å². The molecule has 1 aliphatic rings. The summed E-state index contributed by atoms with van der Waals surface area (Å²) >= 11 is 0. The van der Waals surface area contributed by atoms with Gasteiger partial charge in [-0.15, -0.1) is 10.2 Å². The normalized spacial score (nSPS) is 22.2. The van der Waals surface area contributed by atoms with Crippen LogP contribution in [-0.4, -0.2) is 68.5 Å². The Kier molecular flexibility index (Phi) is 5.90. The Morgan fingerprint density at radius 3 is 2.76 bits per heavy atom. The highest BCUT2D eigenvalue weighted by Gasteiger charge is 2.22. The molecule has 0 saturated carbocycles. The van der Waals surface area contributed by atoms with Crippen LogP contribution in [0.2, 0.25) is 0 Å². The zero-order valence-electron chi connectivity index (χ0n) is 13.3. The van der Waals surface area contributed by atoms with Crippen molar-refractivity contribution in [1.29, 1.82) is 0 Å². The molecule has 0 spiro atoms. The summed E-state index contributed by atoms with van der Waals surface area (Å²) < 4.78 is 2.09. The highest BCUT2D eigenvalue weighted by Crippen LogP contribution is 2.11. The fourth-order valence-electron chi connectivity index (χ4n) is 2.69. The van der Waals surface area contributed by atoms with Crippen molar-refractivity contribution in [3.05, 3.63) is 24.3 Å². The first kappa shape index (κ1) is 16.1. The summed E-state index contributed by atoms with van der Waals surface area (Å²) in [7, 11) is 0. The molecular formula is C15H27N5O. The van der Waals surface area contributed by atoms with Crippen molar-refractivity contribution < 1.29 is 5.11 Å². The van der Waals surface area contributed by atoms with Gasteiger partial charge in [0.05, 0.1) is 12.6 Å². The van der Waals surface area contributed by atoms with Gasteiger partial charge in [0.1, 0.15) is 12.2 Å². The molecular weight excluding hydrogens is 266 g/mol. The Bertz CT molecular complexity index is 457. The summed E-state index contributed by atoms with van der Waals surface area (Å²) in [5, 5.41) is 18.4. The number of aliphatic hydroxyl groups is 1. The van der Waals surface area contributed by atoms with Gasteiger partial charge >= 0.3 is 0 Å². The van der Waals surface area contributed by atoms with E-state index in [9.17, 15) is 5.11 Å². The largest absolute Gasteiger partial charge is 0.390 e. The molecule has 21 heavy (non-hydrogen) atoms. The van der Waals surface area contributed by atoms with Crippen molar-refractivity contribution in [3.63, 3.8) is 0 Å². The number of hydrogen-bond acceptors (Lipinski definition) is 5. The first-order valence-corrected chi connectivity index (χ1v) is 7.72. The topological polar surface area (TPSA) is 57.4 Å². The summed E-state index contributed by atoms with van der Waals surface area (Å²) in [6.45, 7) is 11.3. The minimum Gasteiger partial charge on any atom is -0.390 e. The SMILES string of the molecule is C/C=C/CN1CCN(Cc2nncn2C(C)C)CC(O)C1. The van der Waals surface area contributed by atoms with E-state index in [0.717, 1.165) is 38.5 Å². The van der Waals surface area contributed by atoms with E-state index in [4.69, 9.17) is 0 Å². The number of aliphatic hydroxyl groups excluding tert-OH is 1. The molecule has 6 nitrogen and oxygen atoms in total. The number of rotatable bonds is 5. The summed E-state index contributed by atoms with van der Waals surface area (Å²) in [5.41, 5.74) is 0. The molecule has 118 valence electrons. The monoisotopic (exact) mass is 293 g/mol. The second kappa shape index (κ2) is 7.68. The molecule has 1 aromatic rings. The quantitative estimate of drug-likeness (QED) is 0.818. The third-order valence-corrected chi connectivity index (χ3v) is 3.84. The third-order valence-electron chi connectivity index (χ3n) is 3.84. The van der Waals surface area contributed by atoms with E-state index in [1.165, 1.54) is 0 Å². The van der Waals surface area contributed by atoms with Crippen molar-refractivity contribution in [3.8, 4) is 0 Å². The minimum absolute atomic E-state index is 0.312. The Labute approximate surface area is 127 Å². The molecule has 1 N–H and O–H groups in total. The molecule has 0 aliphatic carbocycles. The Morgan fingerprint density at radius 1 is 1.33 bits per heavy atom. The predicted octanol–water partition coefficient (Wildman–Crippen LogP) is 0.914. The van der Waals surface area contributed by atoms with Crippen LogP contribution >= 0.6 is 0 Å². The highest BCUT2D eigenvalue weighted by atomic mass is 16.3. The van der Waals surface area contributed by atoms with Crippen LogP contribution in [0.25, 0.3) is 0 Å². The van der Waals surface area contributed by atoms with E-state index in [2.05, 4.69) is 50.6 Å². The first-order valence-electron chi connectivity index (χ1n) is 7.72. The molecule has 0 aromatic carbocycles. The van der Waals surface area contributed by atoms with Gasteiger partial charge in [-0.2, -0.15) is 0 Å². The Balaban J connectivity index is 1.96. The standard InChI is InChI=1S/C15H27N5O/c1-4-5-6-18-7-8-19(10-14(21)9-18)11-15-17-16-12-20(15)13(2)3/h4-5,12-14,21H,6-11H2,1-3H3/b5-4+. The predicted molar refractivity (Wildman–Crippen MR) is 82.9 cm³/mol. The number of β-amino-alcohol motifs (C(OH)–C–C–N with tert-alkyl or cyclic N) is 1. The van der Waals surface area contributed by atoms with Gasteiger partial charge in [-0.05, 0) is 20.8 Å². The fourth-order valence-corrected chi connectivity index (χ4v) is 2.69. The smallest absolute Gasteiger partial charge is 0.147 e. The molecule has 2 rings (SSSR count). The van der Waals surface area contributed by atoms with Crippen LogP contribution in [0.15, 0.2) is 18.5 Å². The van der Waals surface area contributed by atoms with Gasteiger partial charge in [0.25, 0.3) is 0 Å². The Hall–Kier alpha value is -1.24. The lowest BCUT2D eigenvalue weighted by Gasteiger charge is -2.21. The number of allylic oxidation sites excluding steroid dienone is 1. The average molecular weight is 293 g/mol. The molecule has 2 heterocycles. The maximum absolute atomic E-state index is 10.2. The molecule has 6 heteroatoms. The Morgan fingerprint density at radius 2 is 2.05 bits per heavy atom. The van der Waals surface area contributed by atoms with Crippen LogP contribution in [0.1, 0.15) is 32.6 Å². The van der Waals surface area contributed by atoms with Crippen LogP contribution in [0.5, 0.6) is 0 Å². The number of nitrogens with zero attached hydrogens (tertiary/aromatic N) is 5. The van der Waals surface area contributed by atoms with Crippen LogP contribution in [-0.2, 0) is 6.54 Å². The fraction of sp³-hybridized carbons (Fsp3) is 0.733. The molecule has 1 fully saturated rings. The van der Waals surface area contributed by atoms with Crippen molar-refractivity contribution in [2.75, 3.05) is 32.7 Å². The van der Waals surface area contributed by atoms with Crippen LogP contribution in [0.4, 0.5) is 0 Å². The van der Waals surface area contributed by atoms with Crippen molar-refractivity contribution in [1.82, 2.24) is 24.6 Å². The first-order chi connectivity index (χ1) is 10.1. The second-order valence-corrected chi connectivity index (χ2v) is 5.97. The van der Waals surface area contributed by atoms with Gasteiger partial charge in [-0.1, -0.05) is 12.2 Å². The van der Waals surface area contributed by atoms with E-state index in [1.807, 2.05) is 6.92 Å². The molecule has 0 bridgehead atoms. The zero-order chi connectivity index (χ0) is 15.2. The molecule has 1 unspecified atom stereocenters. The second-order valence-electron chi connectivity index (χ2n) is 5.97. The number of aromatic nitrogens is 3. The summed E-state index contributed by atoms with van der Waals surface area (Å²) in [6.07, 6.45) is 5.66. The van der Waals surface area contributed by atoms with Gasteiger partial charge in [0.15, 0.2) is 0 Å². The van der Waals surface area contributed by atoms with Gasteiger partial charge < -0.3 is 9.67 Å². The molecule has 0 radical (unpaired) electrons. The maximum Gasteiger partial charge on any atom is 0.147 e. The lowest BCUT2D eigenvalue weighted by atomic mass is 10.3. The van der Waals surface area contributed by atoms with Crippen LogP contribution < -0.4 is 0 Å². The summed E-state index contributed by atoms with van der Waals surface area (Å²) in [5.74, 6) is 0.971. The van der Waals surface area contributed by atoms with Crippen molar-refractivity contribution >= 4 is 0 Å². The van der Waals surface area contributed by atoms with E-state index >= 15 is 0 Å². The third kappa shape index (κ3) is 4.62. The van der Waals surface area contributed by atoms with E-state index < -0.39 is 0 Å². The number of hydrogen-bond donors (Lipinski definition) is 1. The molecule has 1 aliphatic heterocycles. The minimum atomic E-state index is -0.312. The van der Waals surface area contributed by atoms with E-state index in [0.29, 0.717) is 12.6 Å². The van der Waals surface area contributed by atoms with Gasteiger partial charge in [-0.3, -0.25) is 9.80 Å². The van der Waals surface area contributed by atoms with Gasteiger partial charge in [0, 0.05) is 38.8 Å². The lowest BCUT2D eigenvalue weighted by Crippen LogP contribution is -2.33. The van der Waals surface area contributed by atoms with Crippen molar-refractivity contribution in [2.24, 2.45) is 0 Å². The van der Waals surface area contributed by atoms with Crippen LogP contribution in [0.3, 0.4) is 0 Å². The molecule has 1 atom stereocenters. The lowest BCUT2D eigenvalue weighted by molar-refractivity contribution is 0.109. The zero-order valence-corrected chi connectivity index (χ0v) is 13.3. The maximum atomic E-state index is 10.2. The highest BCUT2D eigenvalue weighted by molar-refractivity contribution is 4.90. The molecule has 1 aromatic heterocycles. The van der Waals surface area contributed by atoms with Gasteiger partial charge in [0.2, 0.25) is 0 Å². The molecule has 0 amide bonds.